The van der Waals surface area contributed by atoms with Crippen LogP contribution < -0.4 is 0 Å². The summed E-state index contributed by atoms with van der Waals surface area (Å²) >= 11 is 7.52. The van der Waals surface area contributed by atoms with Crippen molar-refractivity contribution >= 4 is 39.3 Å². The van der Waals surface area contributed by atoms with Gasteiger partial charge in [-0.15, -0.1) is 11.8 Å². The molecule has 1 heterocycles. The molecule has 2 aromatic rings. The monoisotopic (exact) mass is 442 g/mol. The van der Waals surface area contributed by atoms with Crippen molar-refractivity contribution < 1.29 is 17.6 Å². The van der Waals surface area contributed by atoms with Gasteiger partial charge in [0.25, 0.3) is 0 Å². The molecule has 2 aromatic carbocycles. The van der Waals surface area contributed by atoms with Crippen LogP contribution in [-0.2, 0) is 14.8 Å². The fraction of sp³-hybridized carbons (Fsp3) is 0.316. The second-order valence-corrected chi connectivity index (χ2v) is 9.75. The Labute approximate surface area is 173 Å². The molecule has 1 aliphatic heterocycles. The molecule has 150 valence electrons. The van der Waals surface area contributed by atoms with Crippen molar-refractivity contribution in [3.63, 3.8) is 0 Å². The van der Waals surface area contributed by atoms with Crippen molar-refractivity contribution in [1.82, 2.24) is 9.21 Å². The minimum atomic E-state index is -3.67. The Morgan fingerprint density at radius 2 is 1.68 bits per heavy atom. The number of halogens is 2. The number of amides is 1. The third-order valence-corrected chi connectivity index (χ3v) is 7.86. The largest absolute Gasteiger partial charge is 0.340 e. The molecule has 0 aliphatic carbocycles. The zero-order chi connectivity index (χ0) is 20.1. The van der Waals surface area contributed by atoms with Gasteiger partial charge < -0.3 is 4.90 Å². The fourth-order valence-corrected chi connectivity index (χ4v) is 5.67. The molecule has 3 rings (SSSR count). The SMILES string of the molecule is O=C(CCSc1ccc(F)cc1)N1CCN(S(=O)(=O)c2ccccc2Cl)CC1. The Hall–Kier alpha value is -1.61. The van der Waals surface area contributed by atoms with Crippen molar-refractivity contribution in [3.8, 4) is 0 Å². The zero-order valence-electron chi connectivity index (χ0n) is 15.1. The first-order valence-electron chi connectivity index (χ1n) is 8.79. The first-order chi connectivity index (χ1) is 13.4. The molecule has 0 N–H and O–H groups in total. The van der Waals surface area contributed by atoms with E-state index in [-0.39, 0.29) is 34.7 Å². The van der Waals surface area contributed by atoms with Crippen LogP contribution >= 0.6 is 23.4 Å². The number of carbonyl (C=O) groups is 1. The van der Waals surface area contributed by atoms with E-state index in [1.807, 2.05) is 0 Å². The van der Waals surface area contributed by atoms with Gasteiger partial charge in [-0.2, -0.15) is 4.31 Å². The summed E-state index contributed by atoms with van der Waals surface area (Å²) in [6.07, 6.45) is 0.347. The Morgan fingerprint density at radius 1 is 1.04 bits per heavy atom. The lowest BCUT2D eigenvalue weighted by atomic mass is 10.3. The number of rotatable bonds is 6. The highest BCUT2D eigenvalue weighted by Crippen LogP contribution is 2.25. The number of thioether (sulfide) groups is 1. The van der Waals surface area contributed by atoms with Crippen LogP contribution in [0.4, 0.5) is 4.39 Å². The Bertz CT molecular complexity index is 930. The van der Waals surface area contributed by atoms with E-state index in [1.165, 1.54) is 34.3 Å². The number of hydrogen-bond donors (Lipinski definition) is 0. The lowest BCUT2D eigenvalue weighted by molar-refractivity contribution is -0.131. The molecule has 1 amide bonds. The van der Waals surface area contributed by atoms with Gasteiger partial charge in [0, 0.05) is 43.2 Å². The lowest BCUT2D eigenvalue weighted by Crippen LogP contribution is -2.50. The van der Waals surface area contributed by atoms with Gasteiger partial charge in [0.1, 0.15) is 10.7 Å². The van der Waals surface area contributed by atoms with E-state index in [0.717, 1.165) is 4.90 Å². The van der Waals surface area contributed by atoms with Gasteiger partial charge in [-0.1, -0.05) is 23.7 Å². The summed E-state index contributed by atoms with van der Waals surface area (Å²) in [5.41, 5.74) is 0. The average molecular weight is 443 g/mol. The lowest BCUT2D eigenvalue weighted by Gasteiger charge is -2.34. The number of nitrogens with zero attached hydrogens (tertiary/aromatic N) is 2. The van der Waals surface area contributed by atoms with Crippen molar-refractivity contribution in [1.29, 1.82) is 0 Å². The van der Waals surface area contributed by atoms with Gasteiger partial charge >= 0.3 is 0 Å². The number of sulfonamides is 1. The van der Waals surface area contributed by atoms with Gasteiger partial charge in [-0.25, -0.2) is 12.8 Å². The van der Waals surface area contributed by atoms with Gasteiger partial charge in [0.2, 0.25) is 15.9 Å². The third kappa shape index (κ3) is 5.05. The molecule has 1 fully saturated rings. The smallest absolute Gasteiger partial charge is 0.244 e. The van der Waals surface area contributed by atoms with E-state index in [0.29, 0.717) is 25.3 Å². The summed E-state index contributed by atoms with van der Waals surface area (Å²) in [4.78, 5) is 15.1. The van der Waals surface area contributed by atoms with Crippen LogP contribution in [0.5, 0.6) is 0 Å². The van der Waals surface area contributed by atoms with Crippen molar-refractivity contribution in [2.45, 2.75) is 16.2 Å². The summed E-state index contributed by atoms with van der Waals surface area (Å²) in [6, 6.07) is 12.5. The predicted molar refractivity (Wildman–Crippen MR) is 109 cm³/mol. The number of benzene rings is 2. The zero-order valence-corrected chi connectivity index (χ0v) is 17.4. The Morgan fingerprint density at radius 3 is 2.32 bits per heavy atom. The highest BCUT2D eigenvalue weighted by Gasteiger charge is 2.31. The van der Waals surface area contributed by atoms with E-state index in [4.69, 9.17) is 11.6 Å². The Kier molecular flexibility index (Phi) is 6.98. The maximum absolute atomic E-state index is 12.9. The van der Waals surface area contributed by atoms with Crippen LogP contribution in [0, 0.1) is 5.82 Å². The molecule has 9 heteroatoms. The highest BCUT2D eigenvalue weighted by molar-refractivity contribution is 7.99. The third-order valence-electron chi connectivity index (χ3n) is 4.44. The molecule has 0 aromatic heterocycles. The minimum Gasteiger partial charge on any atom is -0.340 e. The molecular formula is C19H20ClFN2O3S2. The van der Waals surface area contributed by atoms with Crippen LogP contribution in [0.2, 0.25) is 5.02 Å². The predicted octanol–water partition coefficient (Wildman–Crippen LogP) is 3.49. The second kappa shape index (κ2) is 9.26. The standard InChI is InChI=1S/C19H20ClFN2O3S2/c20-17-3-1-2-4-18(17)28(25,26)23-12-10-22(11-13-23)19(24)9-14-27-16-7-5-15(21)6-8-16/h1-8H,9-14H2. The molecule has 0 radical (unpaired) electrons. The summed E-state index contributed by atoms with van der Waals surface area (Å²) in [7, 11) is -3.67. The minimum absolute atomic E-state index is 0.00981. The topological polar surface area (TPSA) is 57.7 Å². The van der Waals surface area contributed by atoms with E-state index in [2.05, 4.69) is 0 Å². The van der Waals surface area contributed by atoms with Crippen LogP contribution in [0.3, 0.4) is 0 Å². The van der Waals surface area contributed by atoms with Crippen LogP contribution in [0.25, 0.3) is 0 Å². The van der Waals surface area contributed by atoms with E-state index in [1.54, 1.807) is 35.2 Å². The van der Waals surface area contributed by atoms with E-state index in [9.17, 15) is 17.6 Å². The first kappa shape index (κ1) is 21.1. The molecule has 5 nitrogen and oxygen atoms in total. The van der Waals surface area contributed by atoms with Crippen molar-refractivity contribution in [2.24, 2.45) is 0 Å². The molecule has 0 spiro atoms. The molecular weight excluding hydrogens is 423 g/mol. The molecule has 1 saturated heterocycles. The average Bonchev–Trinajstić information content (AvgIpc) is 2.69. The molecule has 0 unspecified atom stereocenters. The normalized spacial score (nSPS) is 15.6. The molecule has 0 saturated carbocycles. The molecule has 28 heavy (non-hydrogen) atoms. The van der Waals surface area contributed by atoms with Gasteiger partial charge in [0.05, 0.1) is 5.02 Å². The summed E-state index contributed by atoms with van der Waals surface area (Å²) < 4.78 is 39.8. The number of carbonyl (C=O) groups excluding carboxylic acids is 1. The number of hydrogen-bond acceptors (Lipinski definition) is 4. The van der Waals surface area contributed by atoms with E-state index >= 15 is 0 Å². The highest BCUT2D eigenvalue weighted by atomic mass is 35.5. The summed E-state index contributed by atoms with van der Waals surface area (Å²) in [5.74, 6) is 0.289. The molecule has 0 atom stereocenters. The van der Waals surface area contributed by atoms with Crippen LogP contribution in [-0.4, -0.2) is 55.5 Å². The summed E-state index contributed by atoms with van der Waals surface area (Å²) in [6.45, 7) is 1.18. The van der Waals surface area contributed by atoms with E-state index < -0.39 is 10.0 Å². The maximum Gasteiger partial charge on any atom is 0.244 e. The maximum atomic E-state index is 12.9. The van der Waals surface area contributed by atoms with Gasteiger partial charge in [0.15, 0.2) is 0 Å². The van der Waals surface area contributed by atoms with Crippen molar-refractivity contribution in [3.05, 3.63) is 59.4 Å². The van der Waals surface area contributed by atoms with Crippen LogP contribution in [0.15, 0.2) is 58.3 Å². The van der Waals surface area contributed by atoms with Gasteiger partial charge in [-0.05, 0) is 36.4 Å². The summed E-state index contributed by atoms with van der Waals surface area (Å²) in [5, 5.41) is 0.193. The van der Waals surface area contributed by atoms with Gasteiger partial charge in [-0.3, -0.25) is 4.79 Å². The number of piperazine rings is 1. The molecule has 1 aliphatic rings. The second-order valence-electron chi connectivity index (χ2n) is 6.27. The molecule has 0 bridgehead atoms. The quantitative estimate of drug-likeness (QED) is 0.642. The fourth-order valence-electron chi connectivity index (χ4n) is 2.92. The first-order valence-corrected chi connectivity index (χ1v) is 11.6. The Balaban J connectivity index is 1.50. The van der Waals surface area contributed by atoms with Crippen LogP contribution in [0.1, 0.15) is 6.42 Å². The van der Waals surface area contributed by atoms with Crippen molar-refractivity contribution in [2.75, 3.05) is 31.9 Å².